The third kappa shape index (κ3) is 6.95. The zero-order valence-corrected chi connectivity index (χ0v) is 19.4. The number of guanidine groups is 1. The van der Waals surface area contributed by atoms with Gasteiger partial charge in [0.1, 0.15) is 18.1 Å². The van der Waals surface area contributed by atoms with E-state index in [2.05, 4.69) is 39.2 Å². The van der Waals surface area contributed by atoms with Gasteiger partial charge in [-0.15, -0.1) is 24.0 Å². The number of pyridine rings is 1. The number of rotatable bonds is 7. The van der Waals surface area contributed by atoms with Gasteiger partial charge in [-0.3, -0.25) is 4.98 Å². The molecule has 158 valence electrons. The van der Waals surface area contributed by atoms with Gasteiger partial charge in [0.15, 0.2) is 5.96 Å². The van der Waals surface area contributed by atoms with Gasteiger partial charge in [-0.25, -0.2) is 4.99 Å². The molecular weight excluding hydrogens is 481 g/mol. The molecule has 0 radical (unpaired) electrons. The van der Waals surface area contributed by atoms with Gasteiger partial charge in [-0.2, -0.15) is 0 Å². The molecule has 0 aliphatic carbocycles. The average Bonchev–Trinajstić information content (AvgIpc) is 2.77. The lowest BCUT2D eigenvalue weighted by atomic mass is 10.2. The SMILES string of the molecule is CCNC(=NCCOc1cccnc1)N1CCN(c2cccc(OC)c2)CC1.I. The largest absolute Gasteiger partial charge is 0.497 e. The number of halogens is 1. The average molecular weight is 511 g/mol. The highest BCUT2D eigenvalue weighted by molar-refractivity contribution is 14.0. The number of nitrogens with zero attached hydrogens (tertiary/aromatic N) is 4. The highest BCUT2D eigenvalue weighted by Crippen LogP contribution is 2.22. The zero-order chi connectivity index (χ0) is 19.6. The second-order valence-corrected chi connectivity index (χ2v) is 6.45. The van der Waals surface area contributed by atoms with E-state index >= 15 is 0 Å². The van der Waals surface area contributed by atoms with Crippen LogP contribution in [0.25, 0.3) is 0 Å². The first kappa shape index (κ1) is 23.1. The first-order chi connectivity index (χ1) is 13.8. The van der Waals surface area contributed by atoms with Crippen LogP contribution < -0.4 is 19.7 Å². The van der Waals surface area contributed by atoms with Crippen LogP contribution in [-0.2, 0) is 0 Å². The molecule has 1 aromatic carbocycles. The molecule has 1 N–H and O–H groups in total. The summed E-state index contributed by atoms with van der Waals surface area (Å²) in [5, 5.41) is 3.39. The van der Waals surface area contributed by atoms with Gasteiger partial charge in [0.05, 0.1) is 19.9 Å². The van der Waals surface area contributed by atoms with Crippen molar-refractivity contribution in [1.29, 1.82) is 0 Å². The van der Waals surface area contributed by atoms with Crippen LogP contribution in [0.2, 0.25) is 0 Å². The predicted molar refractivity (Wildman–Crippen MR) is 128 cm³/mol. The Bertz CT molecular complexity index is 752. The Balaban J connectivity index is 0.00000300. The third-order valence-electron chi connectivity index (χ3n) is 4.59. The quantitative estimate of drug-likeness (QED) is 0.267. The summed E-state index contributed by atoms with van der Waals surface area (Å²) < 4.78 is 11.0. The molecule has 29 heavy (non-hydrogen) atoms. The van der Waals surface area contributed by atoms with Crippen LogP contribution >= 0.6 is 24.0 Å². The van der Waals surface area contributed by atoms with Gasteiger partial charge >= 0.3 is 0 Å². The van der Waals surface area contributed by atoms with Crippen molar-refractivity contribution in [3.63, 3.8) is 0 Å². The van der Waals surface area contributed by atoms with Crippen molar-refractivity contribution in [2.45, 2.75) is 6.92 Å². The Morgan fingerprint density at radius 2 is 1.93 bits per heavy atom. The Hall–Kier alpha value is -2.23. The van der Waals surface area contributed by atoms with Crippen molar-refractivity contribution in [2.24, 2.45) is 4.99 Å². The van der Waals surface area contributed by atoms with E-state index in [4.69, 9.17) is 14.5 Å². The van der Waals surface area contributed by atoms with E-state index < -0.39 is 0 Å². The molecule has 0 bridgehead atoms. The molecule has 0 spiro atoms. The normalized spacial score (nSPS) is 14.2. The maximum absolute atomic E-state index is 5.68. The van der Waals surface area contributed by atoms with Crippen LogP contribution in [0.4, 0.5) is 5.69 Å². The van der Waals surface area contributed by atoms with Gasteiger partial charge in [0, 0.05) is 50.7 Å². The number of piperazine rings is 1. The molecule has 8 heteroatoms. The molecule has 1 aliphatic rings. The number of hydrogen-bond acceptors (Lipinski definition) is 5. The minimum absolute atomic E-state index is 0. The van der Waals surface area contributed by atoms with E-state index in [1.165, 1.54) is 5.69 Å². The second kappa shape index (κ2) is 12.4. The highest BCUT2D eigenvalue weighted by atomic mass is 127. The summed E-state index contributed by atoms with van der Waals surface area (Å²) in [5.74, 6) is 2.61. The van der Waals surface area contributed by atoms with Crippen LogP contribution in [0.1, 0.15) is 6.92 Å². The molecule has 1 aliphatic heterocycles. The Kier molecular flexibility index (Phi) is 9.82. The smallest absolute Gasteiger partial charge is 0.194 e. The molecule has 7 nitrogen and oxygen atoms in total. The minimum atomic E-state index is 0. The van der Waals surface area contributed by atoms with Crippen LogP contribution in [-0.4, -0.2) is 68.8 Å². The topological polar surface area (TPSA) is 62.2 Å². The fraction of sp³-hybridized carbons (Fsp3) is 0.429. The Morgan fingerprint density at radius 3 is 2.62 bits per heavy atom. The van der Waals surface area contributed by atoms with E-state index in [-0.39, 0.29) is 24.0 Å². The molecule has 0 atom stereocenters. The van der Waals surface area contributed by atoms with Crippen molar-refractivity contribution in [3.05, 3.63) is 48.8 Å². The number of methoxy groups -OCH3 is 1. The van der Waals surface area contributed by atoms with Gasteiger partial charge in [0.25, 0.3) is 0 Å². The standard InChI is InChI=1S/C21H29N5O2.HI/c1-3-23-21(24-10-15-28-20-8-5-9-22-17-20)26-13-11-25(12-14-26)18-6-4-7-19(16-18)27-2;/h4-9,16-17H,3,10-15H2,1-2H3,(H,23,24);1H. The number of aliphatic imine (C=N–C) groups is 1. The Labute approximate surface area is 190 Å². The fourth-order valence-corrected chi connectivity index (χ4v) is 3.16. The molecule has 0 amide bonds. The fourth-order valence-electron chi connectivity index (χ4n) is 3.16. The molecule has 1 fully saturated rings. The predicted octanol–water partition coefficient (Wildman–Crippen LogP) is 2.87. The van der Waals surface area contributed by atoms with Gasteiger partial charge in [-0.05, 0) is 31.2 Å². The third-order valence-corrected chi connectivity index (χ3v) is 4.59. The van der Waals surface area contributed by atoms with Crippen molar-refractivity contribution in [1.82, 2.24) is 15.2 Å². The molecule has 3 rings (SSSR count). The number of hydrogen-bond donors (Lipinski definition) is 1. The maximum atomic E-state index is 5.68. The van der Waals surface area contributed by atoms with E-state index in [0.29, 0.717) is 13.2 Å². The summed E-state index contributed by atoms with van der Waals surface area (Å²) in [6.45, 7) is 7.82. The molecule has 1 aromatic heterocycles. The summed E-state index contributed by atoms with van der Waals surface area (Å²) in [4.78, 5) is 13.5. The van der Waals surface area contributed by atoms with Crippen molar-refractivity contribution in [2.75, 3.05) is 57.9 Å². The molecule has 2 aromatic rings. The first-order valence-electron chi connectivity index (χ1n) is 9.75. The number of benzene rings is 1. The second-order valence-electron chi connectivity index (χ2n) is 6.45. The van der Waals surface area contributed by atoms with Gasteiger partial charge in [0.2, 0.25) is 0 Å². The zero-order valence-electron chi connectivity index (χ0n) is 17.1. The number of nitrogens with one attached hydrogen (secondary N) is 1. The van der Waals surface area contributed by atoms with Crippen LogP contribution in [0.3, 0.4) is 0 Å². The van der Waals surface area contributed by atoms with E-state index in [1.807, 2.05) is 24.3 Å². The Morgan fingerprint density at radius 1 is 1.14 bits per heavy atom. The lowest BCUT2D eigenvalue weighted by molar-refractivity contribution is 0.324. The number of anilines is 1. The van der Waals surface area contributed by atoms with Crippen LogP contribution in [0, 0.1) is 0 Å². The summed E-state index contributed by atoms with van der Waals surface area (Å²) in [6.07, 6.45) is 3.45. The van der Waals surface area contributed by atoms with Crippen LogP contribution in [0.15, 0.2) is 53.8 Å². The summed E-state index contributed by atoms with van der Waals surface area (Å²) >= 11 is 0. The van der Waals surface area contributed by atoms with Gasteiger partial charge in [-0.1, -0.05) is 6.07 Å². The monoisotopic (exact) mass is 511 g/mol. The maximum Gasteiger partial charge on any atom is 0.194 e. The van der Waals surface area contributed by atoms with E-state index in [0.717, 1.165) is 50.2 Å². The van der Waals surface area contributed by atoms with Crippen molar-refractivity contribution in [3.8, 4) is 11.5 Å². The summed E-state index contributed by atoms with van der Waals surface area (Å²) in [5.41, 5.74) is 1.20. The van der Waals surface area contributed by atoms with E-state index in [1.54, 1.807) is 19.5 Å². The van der Waals surface area contributed by atoms with E-state index in [9.17, 15) is 0 Å². The highest BCUT2D eigenvalue weighted by Gasteiger charge is 2.20. The molecule has 2 heterocycles. The van der Waals surface area contributed by atoms with Crippen LogP contribution in [0.5, 0.6) is 11.5 Å². The minimum Gasteiger partial charge on any atom is -0.497 e. The summed E-state index contributed by atoms with van der Waals surface area (Å²) in [6, 6.07) is 12.0. The first-order valence-corrected chi connectivity index (χ1v) is 9.75. The number of aromatic nitrogens is 1. The van der Waals surface area contributed by atoms with Gasteiger partial charge < -0.3 is 24.6 Å². The molecular formula is C21H30IN5O2. The number of ether oxygens (including phenoxy) is 2. The summed E-state index contributed by atoms with van der Waals surface area (Å²) in [7, 11) is 1.70. The van der Waals surface area contributed by atoms with Crippen molar-refractivity contribution >= 4 is 35.6 Å². The molecule has 0 saturated carbocycles. The lowest BCUT2D eigenvalue weighted by Gasteiger charge is -2.37. The molecule has 1 saturated heterocycles. The molecule has 0 unspecified atom stereocenters. The lowest BCUT2D eigenvalue weighted by Crippen LogP contribution is -2.52. The van der Waals surface area contributed by atoms with Crippen molar-refractivity contribution < 1.29 is 9.47 Å².